The number of ether oxygens (including phenoxy) is 1. The number of hydrogen-bond acceptors (Lipinski definition) is 5. The fraction of sp³-hybridized carbons (Fsp3) is 0.0833. The third-order valence-corrected chi connectivity index (χ3v) is 4.79. The quantitative estimate of drug-likeness (QED) is 0.476. The van der Waals surface area contributed by atoms with E-state index < -0.39 is 11.8 Å². The summed E-state index contributed by atoms with van der Waals surface area (Å²) >= 11 is 0. The molecule has 160 valence electrons. The van der Waals surface area contributed by atoms with Crippen LogP contribution < -0.4 is 21.1 Å². The minimum absolute atomic E-state index is 0.00387. The van der Waals surface area contributed by atoms with Crippen LogP contribution in [0.25, 0.3) is 16.5 Å². The predicted molar refractivity (Wildman–Crippen MR) is 120 cm³/mol. The lowest BCUT2D eigenvalue weighted by Gasteiger charge is -2.12. The first-order chi connectivity index (χ1) is 15.5. The van der Waals surface area contributed by atoms with E-state index in [1.54, 1.807) is 60.7 Å². The van der Waals surface area contributed by atoms with Crippen LogP contribution in [0.3, 0.4) is 0 Å². The van der Waals surface area contributed by atoms with Gasteiger partial charge in [0.15, 0.2) is 12.3 Å². The van der Waals surface area contributed by atoms with Crippen molar-refractivity contribution in [1.82, 2.24) is 20.6 Å². The Morgan fingerprint density at radius 1 is 0.875 bits per heavy atom. The highest BCUT2D eigenvalue weighted by Gasteiger charge is 2.18. The molecule has 0 bridgehead atoms. The van der Waals surface area contributed by atoms with Gasteiger partial charge in [0.2, 0.25) is 0 Å². The highest BCUT2D eigenvalue weighted by Crippen LogP contribution is 2.16. The minimum Gasteiger partial charge on any atom is -0.483 e. The summed E-state index contributed by atoms with van der Waals surface area (Å²) in [5.41, 5.74) is 5.73. The third-order valence-electron chi connectivity index (χ3n) is 4.79. The van der Waals surface area contributed by atoms with Crippen LogP contribution in [-0.4, -0.2) is 28.2 Å². The second-order valence-electron chi connectivity index (χ2n) is 7.00. The molecule has 0 spiro atoms. The molecule has 0 atom stereocenters. The molecule has 8 heteroatoms. The minimum atomic E-state index is -0.657. The van der Waals surface area contributed by atoms with E-state index in [1.165, 1.54) is 4.68 Å². The van der Waals surface area contributed by atoms with Crippen molar-refractivity contribution >= 4 is 22.6 Å². The number of fused-ring (bicyclic) bond motifs is 1. The fourth-order valence-corrected chi connectivity index (χ4v) is 3.18. The molecule has 0 radical (unpaired) electrons. The molecule has 4 rings (SSSR count). The van der Waals surface area contributed by atoms with Crippen molar-refractivity contribution in [2.24, 2.45) is 0 Å². The number of hydrazine groups is 1. The summed E-state index contributed by atoms with van der Waals surface area (Å²) in [4.78, 5) is 37.9. The van der Waals surface area contributed by atoms with E-state index in [2.05, 4.69) is 16.0 Å². The molecular formula is C24H20N4O4. The second-order valence-corrected chi connectivity index (χ2v) is 7.00. The highest BCUT2D eigenvalue weighted by molar-refractivity contribution is 6.05. The Morgan fingerprint density at radius 2 is 1.53 bits per heavy atom. The maximum atomic E-state index is 12.9. The lowest BCUT2D eigenvalue weighted by atomic mass is 10.1. The van der Waals surface area contributed by atoms with Crippen molar-refractivity contribution in [2.75, 3.05) is 6.61 Å². The first-order valence-corrected chi connectivity index (χ1v) is 9.89. The number of aryl methyl sites for hydroxylation is 1. The molecule has 0 unspecified atom stereocenters. The number of carbonyl (C=O) groups excluding carboxylic acids is 2. The number of amides is 2. The smallest absolute Gasteiger partial charge is 0.290 e. The summed E-state index contributed by atoms with van der Waals surface area (Å²) in [5, 5.41) is 4.98. The number of nitrogens with one attached hydrogen (secondary N) is 2. The number of para-hydroxylation sites is 2. The highest BCUT2D eigenvalue weighted by atomic mass is 16.5. The summed E-state index contributed by atoms with van der Waals surface area (Å²) in [5.74, 6) is -0.617. The van der Waals surface area contributed by atoms with E-state index in [-0.39, 0.29) is 17.9 Å². The molecule has 32 heavy (non-hydrogen) atoms. The molecule has 2 N–H and O–H groups in total. The van der Waals surface area contributed by atoms with Gasteiger partial charge in [-0.05, 0) is 36.8 Å². The van der Waals surface area contributed by atoms with Crippen LogP contribution >= 0.6 is 0 Å². The Morgan fingerprint density at radius 3 is 2.28 bits per heavy atom. The average molecular weight is 428 g/mol. The zero-order valence-electron chi connectivity index (χ0n) is 17.2. The summed E-state index contributed by atoms with van der Waals surface area (Å²) in [6, 6.07) is 22.8. The Balaban J connectivity index is 1.54. The van der Waals surface area contributed by atoms with Gasteiger partial charge in [-0.1, -0.05) is 54.6 Å². The molecule has 1 heterocycles. The molecule has 1 aromatic heterocycles. The predicted octanol–water partition coefficient (Wildman–Crippen LogP) is 2.53. The summed E-state index contributed by atoms with van der Waals surface area (Å²) in [7, 11) is 0. The van der Waals surface area contributed by atoms with Gasteiger partial charge in [0.25, 0.3) is 17.4 Å². The van der Waals surface area contributed by atoms with Crippen molar-refractivity contribution in [1.29, 1.82) is 0 Å². The molecule has 2 amide bonds. The summed E-state index contributed by atoms with van der Waals surface area (Å²) in [6.45, 7) is 1.59. The van der Waals surface area contributed by atoms with Crippen molar-refractivity contribution in [3.63, 3.8) is 0 Å². The van der Waals surface area contributed by atoms with Crippen molar-refractivity contribution in [3.05, 3.63) is 100 Å². The number of hydrogen-bond donors (Lipinski definition) is 2. The number of benzene rings is 3. The Hall–Kier alpha value is -4.46. The second kappa shape index (κ2) is 9.13. The van der Waals surface area contributed by atoms with Gasteiger partial charge in [-0.3, -0.25) is 25.2 Å². The monoisotopic (exact) mass is 428 g/mol. The summed E-state index contributed by atoms with van der Waals surface area (Å²) in [6.07, 6.45) is 0. The lowest BCUT2D eigenvalue weighted by Crippen LogP contribution is -2.44. The van der Waals surface area contributed by atoms with Crippen molar-refractivity contribution < 1.29 is 14.3 Å². The van der Waals surface area contributed by atoms with E-state index >= 15 is 0 Å². The van der Waals surface area contributed by atoms with Crippen LogP contribution in [0.15, 0.2) is 83.7 Å². The standard InChI is InChI=1S/C24H20N4O4/c1-16-9-5-8-14-20(16)32-15-21(29)25-26-23(30)22-18-12-6-7-13-19(18)24(31)28(27-22)17-10-3-2-4-11-17/h2-14H,15H2,1H3,(H,25,29)(H,26,30). The van der Waals surface area contributed by atoms with Gasteiger partial charge in [-0.2, -0.15) is 9.78 Å². The SMILES string of the molecule is Cc1ccccc1OCC(=O)NNC(=O)c1nn(-c2ccccc2)c(=O)c2ccccc12. The van der Waals surface area contributed by atoms with Gasteiger partial charge >= 0.3 is 0 Å². The van der Waals surface area contributed by atoms with Gasteiger partial charge in [0.1, 0.15) is 5.75 Å². The number of rotatable bonds is 5. The largest absolute Gasteiger partial charge is 0.483 e. The lowest BCUT2D eigenvalue weighted by molar-refractivity contribution is -0.123. The molecule has 0 saturated heterocycles. The van der Waals surface area contributed by atoms with Gasteiger partial charge < -0.3 is 4.74 Å². The van der Waals surface area contributed by atoms with Gasteiger partial charge in [-0.25, -0.2) is 0 Å². The molecule has 4 aromatic rings. The molecule has 0 saturated carbocycles. The van der Waals surface area contributed by atoms with Crippen LogP contribution in [0.5, 0.6) is 5.75 Å². The van der Waals surface area contributed by atoms with Crippen molar-refractivity contribution in [3.8, 4) is 11.4 Å². The maximum absolute atomic E-state index is 12.9. The average Bonchev–Trinajstić information content (AvgIpc) is 2.83. The molecular weight excluding hydrogens is 408 g/mol. The summed E-state index contributed by atoms with van der Waals surface area (Å²) < 4.78 is 6.64. The van der Waals surface area contributed by atoms with E-state index in [4.69, 9.17) is 4.74 Å². The maximum Gasteiger partial charge on any atom is 0.290 e. The van der Waals surface area contributed by atoms with Gasteiger partial charge in [0.05, 0.1) is 11.1 Å². The Labute approximate surface area is 183 Å². The number of carbonyl (C=O) groups is 2. The zero-order valence-corrected chi connectivity index (χ0v) is 17.2. The Kier molecular flexibility index (Phi) is 5.94. The first-order valence-electron chi connectivity index (χ1n) is 9.89. The normalized spacial score (nSPS) is 10.5. The van der Waals surface area contributed by atoms with Crippen LogP contribution in [0.1, 0.15) is 16.1 Å². The molecule has 0 aliphatic rings. The van der Waals surface area contributed by atoms with Crippen LogP contribution in [0, 0.1) is 6.92 Å². The zero-order chi connectivity index (χ0) is 22.5. The van der Waals surface area contributed by atoms with Crippen LogP contribution in [-0.2, 0) is 4.79 Å². The molecule has 0 fully saturated rings. The molecule has 8 nitrogen and oxygen atoms in total. The molecule has 0 aliphatic carbocycles. The Bertz CT molecular complexity index is 1350. The fourth-order valence-electron chi connectivity index (χ4n) is 3.18. The first kappa shape index (κ1) is 20.8. The van der Waals surface area contributed by atoms with Crippen LogP contribution in [0.2, 0.25) is 0 Å². The third kappa shape index (κ3) is 4.34. The van der Waals surface area contributed by atoms with E-state index in [1.807, 2.05) is 25.1 Å². The number of aromatic nitrogens is 2. The topological polar surface area (TPSA) is 102 Å². The molecule has 0 aliphatic heterocycles. The van der Waals surface area contributed by atoms with E-state index in [0.717, 1.165) is 5.56 Å². The van der Waals surface area contributed by atoms with Gasteiger partial charge in [0, 0.05) is 5.39 Å². The van der Waals surface area contributed by atoms with Crippen molar-refractivity contribution in [2.45, 2.75) is 6.92 Å². The number of nitrogens with zero attached hydrogens (tertiary/aromatic N) is 2. The van der Waals surface area contributed by atoms with Gasteiger partial charge in [-0.15, -0.1) is 0 Å². The molecule has 3 aromatic carbocycles. The van der Waals surface area contributed by atoms with E-state index in [9.17, 15) is 14.4 Å². The van der Waals surface area contributed by atoms with E-state index in [0.29, 0.717) is 22.2 Å². The van der Waals surface area contributed by atoms with Crippen LogP contribution in [0.4, 0.5) is 0 Å².